The first-order valence-corrected chi connectivity index (χ1v) is 7.74. The Balaban J connectivity index is 1.65. The summed E-state index contributed by atoms with van der Waals surface area (Å²) in [5.74, 6) is 6.76. The van der Waals surface area contributed by atoms with Crippen molar-refractivity contribution in [3.05, 3.63) is 65.9 Å². The summed E-state index contributed by atoms with van der Waals surface area (Å²) < 4.78 is 5.87. The highest BCUT2D eigenvalue weighted by Gasteiger charge is 2.03. The summed E-state index contributed by atoms with van der Waals surface area (Å²) in [6, 6.07) is 18.5. The molecule has 0 aliphatic rings. The topological polar surface area (TPSA) is 37.0 Å². The van der Waals surface area contributed by atoms with E-state index in [-0.39, 0.29) is 0 Å². The van der Waals surface area contributed by atoms with Gasteiger partial charge in [-0.3, -0.25) is 0 Å². The molecule has 0 atom stereocenters. The quantitative estimate of drug-likeness (QED) is 0.536. The molecule has 0 unspecified atom stereocenters. The van der Waals surface area contributed by atoms with Gasteiger partial charge in [0.05, 0.1) is 6.54 Å². The summed E-state index contributed by atoms with van der Waals surface area (Å²) in [4.78, 5) is 3.41. The van der Waals surface area contributed by atoms with E-state index in [1.165, 1.54) is 5.56 Å². The van der Waals surface area contributed by atoms with Crippen LogP contribution in [0.5, 0.6) is 5.75 Å². The summed E-state index contributed by atoms with van der Waals surface area (Å²) >= 11 is 0. The van der Waals surface area contributed by atoms with Crippen LogP contribution < -0.4 is 10.1 Å². The molecular formula is C20H20N2O. The van der Waals surface area contributed by atoms with Gasteiger partial charge in [0, 0.05) is 23.1 Å². The summed E-state index contributed by atoms with van der Waals surface area (Å²) in [6.07, 6.45) is 0. The number of aromatic amines is 1. The van der Waals surface area contributed by atoms with Gasteiger partial charge in [-0.05, 0) is 36.8 Å². The minimum atomic E-state index is 0.584. The molecule has 0 radical (unpaired) electrons. The van der Waals surface area contributed by atoms with Crippen molar-refractivity contribution in [2.75, 3.05) is 6.54 Å². The fourth-order valence-corrected chi connectivity index (χ4v) is 2.44. The van der Waals surface area contributed by atoms with E-state index in [9.17, 15) is 0 Å². The molecule has 0 saturated heterocycles. The molecule has 0 aliphatic heterocycles. The van der Waals surface area contributed by atoms with Gasteiger partial charge < -0.3 is 15.0 Å². The molecular weight excluding hydrogens is 284 g/mol. The van der Waals surface area contributed by atoms with Crippen LogP contribution in [0, 0.1) is 11.8 Å². The second kappa shape index (κ2) is 7.53. The van der Waals surface area contributed by atoms with E-state index in [4.69, 9.17) is 4.74 Å². The number of fused-ring (bicyclic) bond motifs is 1. The van der Waals surface area contributed by atoms with Crippen molar-refractivity contribution in [3.63, 3.8) is 0 Å². The Hall–Kier alpha value is -2.70. The van der Waals surface area contributed by atoms with E-state index in [1.54, 1.807) is 0 Å². The van der Waals surface area contributed by atoms with Crippen LogP contribution >= 0.6 is 0 Å². The minimum absolute atomic E-state index is 0.584. The van der Waals surface area contributed by atoms with Crippen LogP contribution in [0.1, 0.15) is 18.2 Å². The second-order valence-corrected chi connectivity index (χ2v) is 5.35. The molecule has 3 aromatic rings. The van der Waals surface area contributed by atoms with Gasteiger partial charge in [0.25, 0.3) is 0 Å². The third kappa shape index (κ3) is 4.15. The first-order valence-electron chi connectivity index (χ1n) is 7.74. The molecule has 0 fully saturated rings. The maximum atomic E-state index is 5.87. The number of benzene rings is 2. The Bertz CT molecular complexity index is 825. The number of aromatic nitrogens is 1. The first-order chi connectivity index (χ1) is 11.3. The average Bonchev–Trinajstić information content (AvgIpc) is 3.00. The third-order valence-corrected chi connectivity index (χ3v) is 3.60. The molecule has 0 saturated carbocycles. The van der Waals surface area contributed by atoms with Crippen molar-refractivity contribution in [1.82, 2.24) is 10.3 Å². The van der Waals surface area contributed by atoms with Gasteiger partial charge in [-0.2, -0.15) is 0 Å². The monoisotopic (exact) mass is 304 g/mol. The van der Waals surface area contributed by atoms with Gasteiger partial charge in [-0.15, -0.1) is 5.92 Å². The first kappa shape index (κ1) is 15.2. The second-order valence-electron chi connectivity index (χ2n) is 5.35. The zero-order chi connectivity index (χ0) is 15.9. The van der Waals surface area contributed by atoms with Gasteiger partial charge in [-0.1, -0.05) is 36.3 Å². The van der Waals surface area contributed by atoms with E-state index in [0.29, 0.717) is 13.2 Å². The predicted molar refractivity (Wildman–Crippen MR) is 94.2 cm³/mol. The number of hydrogen-bond acceptors (Lipinski definition) is 2. The van der Waals surface area contributed by atoms with Crippen LogP contribution in [0.2, 0.25) is 0 Å². The van der Waals surface area contributed by atoms with E-state index in [1.807, 2.05) is 31.2 Å². The zero-order valence-corrected chi connectivity index (χ0v) is 13.2. The average molecular weight is 304 g/mol. The Labute approximate surface area is 136 Å². The lowest BCUT2D eigenvalue weighted by Crippen LogP contribution is -2.13. The summed E-state index contributed by atoms with van der Waals surface area (Å²) in [5.41, 5.74) is 3.44. The lowest BCUT2D eigenvalue weighted by atomic mass is 10.2. The van der Waals surface area contributed by atoms with Gasteiger partial charge in [0.15, 0.2) is 0 Å². The number of nitrogens with one attached hydrogen (secondary N) is 2. The lowest BCUT2D eigenvalue weighted by molar-refractivity contribution is 0.306. The highest BCUT2D eigenvalue weighted by molar-refractivity contribution is 5.81. The van der Waals surface area contributed by atoms with Crippen molar-refractivity contribution in [1.29, 1.82) is 0 Å². The molecule has 116 valence electrons. The van der Waals surface area contributed by atoms with Gasteiger partial charge in [-0.25, -0.2) is 0 Å². The van der Waals surface area contributed by atoms with Crippen molar-refractivity contribution in [3.8, 4) is 17.6 Å². The summed E-state index contributed by atoms with van der Waals surface area (Å²) in [5, 5.41) is 4.45. The van der Waals surface area contributed by atoms with Crippen molar-refractivity contribution >= 4 is 10.9 Å². The Morgan fingerprint density at radius 2 is 1.96 bits per heavy atom. The SMILES string of the molecule is CC#CCNCc1cc2cc(OCc3ccccc3)ccc2[nH]1. The van der Waals surface area contributed by atoms with Crippen molar-refractivity contribution in [2.45, 2.75) is 20.1 Å². The number of ether oxygens (including phenoxy) is 1. The Kier molecular flexibility index (Phi) is 4.98. The fourth-order valence-electron chi connectivity index (χ4n) is 2.44. The maximum absolute atomic E-state index is 5.87. The van der Waals surface area contributed by atoms with Crippen LogP contribution in [0.3, 0.4) is 0 Å². The fraction of sp³-hybridized carbons (Fsp3) is 0.200. The number of H-pyrrole nitrogens is 1. The molecule has 1 aromatic heterocycles. The standard InChI is InChI=1S/C20H20N2O/c1-2-3-11-21-14-18-12-17-13-19(9-10-20(17)22-18)23-15-16-7-5-4-6-8-16/h4-10,12-13,21-22H,11,14-15H2,1H3. The molecule has 1 heterocycles. The Morgan fingerprint density at radius 1 is 1.09 bits per heavy atom. The smallest absolute Gasteiger partial charge is 0.120 e. The van der Waals surface area contributed by atoms with Crippen molar-refractivity contribution in [2.24, 2.45) is 0 Å². The zero-order valence-electron chi connectivity index (χ0n) is 13.2. The molecule has 23 heavy (non-hydrogen) atoms. The van der Waals surface area contributed by atoms with Crippen LogP contribution in [0.15, 0.2) is 54.6 Å². The van der Waals surface area contributed by atoms with Crippen LogP contribution in [0.4, 0.5) is 0 Å². The predicted octanol–water partition coefficient (Wildman–Crippen LogP) is 3.86. The van der Waals surface area contributed by atoms with E-state index in [2.05, 4.69) is 52.5 Å². The molecule has 0 bridgehead atoms. The van der Waals surface area contributed by atoms with E-state index in [0.717, 1.165) is 28.9 Å². The van der Waals surface area contributed by atoms with Gasteiger partial charge in [0.2, 0.25) is 0 Å². The van der Waals surface area contributed by atoms with E-state index >= 15 is 0 Å². The molecule has 2 N–H and O–H groups in total. The summed E-state index contributed by atoms with van der Waals surface area (Å²) in [7, 11) is 0. The highest BCUT2D eigenvalue weighted by Crippen LogP contribution is 2.22. The number of hydrogen-bond donors (Lipinski definition) is 2. The van der Waals surface area contributed by atoms with Gasteiger partial charge in [0.1, 0.15) is 12.4 Å². The van der Waals surface area contributed by atoms with Crippen molar-refractivity contribution < 1.29 is 4.74 Å². The molecule has 0 amide bonds. The largest absolute Gasteiger partial charge is 0.489 e. The summed E-state index contributed by atoms with van der Waals surface area (Å²) in [6.45, 7) is 3.92. The third-order valence-electron chi connectivity index (χ3n) is 3.60. The maximum Gasteiger partial charge on any atom is 0.120 e. The van der Waals surface area contributed by atoms with Gasteiger partial charge >= 0.3 is 0 Å². The minimum Gasteiger partial charge on any atom is -0.489 e. The molecule has 2 aromatic carbocycles. The highest BCUT2D eigenvalue weighted by atomic mass is 16.5. The Morgan fingerprint density at radius 3 is 2.78 bits per heavy atom. The molecule has 0 spiro atoms. The van der Waals surface area contributed by atoms with Crippen LogP contribution in [0.25, 0.3) is 10.9 Å². The van der Waals surface area contributed by atoms with Crippen LogP contribution in [-0.4, -0.2) is 11.5 Å². The molecule has 3 rings (SSSR count). The molecule has 3 heteroatoms. The lowest BCUT2D eigenvalue weighted by Gasteiger charge is -2.06. The molecule has 3 nitrogen and oxygen atoms in total. The van der Waals surface area contributed by atoms with E-state index < -0.39 is 0 Å². The normalized spacial score (nSPS) is 10.3. The molecule has 0 aliphatic carbocycles. The number of rotatable bonds is 6. The van der Waals surface area contributed by atoms with Crippen LogP contribution in [-0.2, 0) is 13.2 Å².